The smallest absolute Gasteiger partial charge is 0.261 e. The summed E-state index contributed by atoms with van der Waals surface area (Å²) in [6.45, 7) is 0. The molecular weight excluding hydrogens is 305 g/mol. The minimum atomic E-state index is -0.280. The van der Waals surface area contributed by atoms with Crippen LogP contribution in [0.25, 0.3) is 0 Å². The first kappa shape index (κ1) is 14.2. The van der Waals surface area contributed by atoms with Crippen molar-refractivity contribution in [3.63, 3.8) is 0 Å². The molecule has 19 heavy (non-hydrogen) atoms. The topological polar surface area (TPSA) is 20.3 Å². The lowest BCUT2D eigenvalue weighted by Crippen LogP contribution is -2.26. The molecule has 0 spiro atoms. The fourth-order valence-corrected chi connectivity index (χ4v) is 2.66. The molecule has 1 amide bonds. The zero-order chi connectivity index (χ0) is 14.0. The maximum absolute atomic E-state index is 12.4. The number of anilines is 1. The molecule has 0 aromatic heterocycles. The van der Waals surface area contributed by atoms with Crippen LogP contribution in [0.5, 0.6) is 0 Å². The number of benzene rings is 2. The van der Waals surface area contributed by atoms with E-state index in [1.165, 1.54) is 17.0 Å². The van der Waals surface area contributed by atoms with Crippen molar-refractivity contribution in [2.45, 2.75) is 0 Å². The Kier molecular flexibility index (Phi) is 4.35. The van der Waals surface area contributed by atoms with E-state index in [2.05, 4.69) is 0 Å². The van der Waals surface area contributed by atoms with Gasteiger partial charge in [-0.15, -0.1) is 0 Å². The quantitative estimate of drug-likeness (QED) is 0.770. The SMILES string of the molecule is CN(C(=O)c1c(Cl)cc(Cl)cc1Cl)c1ccccc1. The van der Waals surface area contributed by atoms with Gasteiger partial charge in [0.15, 0.2) is 0 Å². The van der Waals surface area contributed by atoms with E-state index < -0.39 is 0 Å². The second-order valence-corrected chi connectivity index (χ2v) is 5.19. The molecule has 0 heterocycles. The van der Waals surface area contributed by atoms with E-state index in [4.69, 9.17) is 34.8 Å². The minimum absolute atomic E-state index is 0.241. The third-order valence-corrected chi connectivity index (χ3v) is 3.48. The molecule has 0 fully saturated rings. The summed E-state index contributed by atoms with van der Waals surface area (Å²) in [6, 6.07) is 12.2. The molecule has 0 radical (unpaired) electrons. The Bertz CT molecular complexity index is 590. The van der Waals surface area contributed by atoms with Crippen molar-refractivity contribution in [3.8, 4) is 0 Å². The molecule has 2 aromatic carbocycles. The predicted octanol–water partition coefficient (Wildman–Crippen LogP) is 4.92. The summed E-state index contributed by atoms with van der Waals surface area (Å²) < 4.78 is 0. The predicted molar refractivity (Wildman–Crippen MR) is 80.6 cm³/mol. The van der Waals surface area contributed by atoms with Crippen molar-refractivity contribution in [2.75, 3.05) is 11.9 Å². The van der Waals surface area contributed by atoms with Crippen LogP contribution < -0.4 is 4.90 Å². The highest BCUT2D eigenvalue weighted by atomic mass is 35.5. The van der Waals surface area contributed by atoms with E-state index in [-0.39, 0.29) is 21.5 Å². The van der Waals surface area contributed by atoms with Gasteiger partial charge in [-0.25, -0.2) is 0 Å². The highest BCUT2D eigenvalue weighted by Crippen LogP contribution is 2.30. The highest BCUT2D eigenvalue weighted by Gasteiger charge is 2.20. The molecule has 0 N–H and O–H groups in total. The van der Waals surface area contributed by atoms with Gasteiger partial charge in [0.2, 0.25) is 0 Å². The number of carbonyl (C=O) groups is 1. The van der Waals surface area contributed by atoms with Crippen molar-refractivity contribution in [1.29, 1.82) is 0 Å². The summed E-state index contributed by atoms with van der Waals surface area (Å²) in [5.74, 6) is -0.280. The maximum Gasteiger partial charge on any atom is 0.261 e. The van der Waals surface area contributed by atoms with Crippen LogP contribution in [0.4, 0.5) is 5.69 Å². The Morgan fingerprint density at radius 2 is 1.53 bits per heavy atom. The van der Waals surface area contributed by atoms with Crippen molar-refractivity contribution >= 4 is 46.4 Å². The minimum Gasteiger partial charge on any atom is -0.311 e. The monoisotopic (exact) mass is 313 g/mol. The fourth-order valence-electron chi connectivity index (χ4n) is 1.68. The molecular formula is C14H10Cl3NO. The third kappa shape index (κ3) is 3.03. The summed E-state index contributed by atoms with van der Waals surface area (Å²) >= 11 is 17.9. The summed E-state index contributed by atoms with van der Waals surface area (Å²) in [5.41, 5.74) is 1.01. The average molecular weight is 315 g/mol. The first-order chi connectivity index (χ1) is 9.00. The lowest BCUT2D eigenvalue weighted by atomic mass is 10.2. The van der Waals surface area contributed by atoms with Gasteiger partial charge in [0.25, 0.3) is 5.91 Å². The number of carbonyl (C=O) groups excluding carboxylic acids is 1. The van der Waals surface area contributed by atoms with E-state index in [1.807, 2.05) is 30.3 Å². The molecule has 0 atom stereocenters. The zero-order valence-corrected chi connectivity index (χ0v) is 12.3. The first-order valence-corrected chi connectivity index (χ1v) is 6.61. The van der Waals surface area contributed by atoms with Gasteiger partial charge in [0.05, 0.1) is 15.6 Å². The standard InChI is InChI=1S/C14H10Cl3NO/c1-18(10-5-3-2-4-6-10)14(19)13-11(16)7-9(15)8-12(13)17/h2-8H,1H3. The second kappa shape index (κ2) is 5.83. The fraction of sp³-hybridized carbons (Fsp3) is 0.0714. The number of amides is 1. The molecule has 0 unspecified atom stereocenters. The number of para-hydroxylation sites is 1. The van der Waals surface area contributed by atoms with Crippen LogP contribution in [0, 0.1) is 0 Å². The van der Waals surface area contributed by atoms with Crippen LogP contribution in [-0.4, -0.2) is 13.0 Å². The molecule has 0 bridgehead atoms. The van der Waals surface area contributed by atoms with E-state index >= 15 is 0 Å². The molecule has 0 aliphatic heterocycles. The van der Waals surface area contributed by atoms with Crippen LogP contribution >= 0.6 is 34.8 Å². The molecule has 2 nitrogen and oxygen atoms in total. The normalized spacial score (nSPS) is 10.3. The van der Waals surface area contributed by atoms with Gasteiger partial charge >= 0.3 is 0 Å². The van der Waals surface area contributed by atoms with Crippen molar-refractivity contribution in [3.05, 3.63) is 63.1 Å². The number of hydrogen-bond donors (Lipinski definition) is 0. The van der Waals surface area contributed by atoms with E-state index in [0.29, 0.717) is 5.02 Å². The number of rotatable bonds is 2. The van der Waals surface area contributed by atoms with Gasteiger partial charge in [-0.3, -0.25) is 4.79 Å². The summed E-state index contributed by atoms with van der Waals surface area (Å²) in [5, 5.41) is 0.879. The van der Waals surface area contributed by atoms with Gasteiger partial charge in [-0.05, 0) is 24.3 Å². The van der Waals surface area contributed by atoms with E-state index in [9.17, 15) is 4.79 Å². The van der Waals surface area contributed by atoms with Crippen molar-refractivity contribution in [1.82, 2.24) is 0 Å². The van der Waals surface area contributed by atoms with Gasteiger partial charge < -0.3 is 4.90 Å². The molecule has 0 saturated carbocycles. The largest absolute Gasteiger partial charge is 0.311 e. The Balaban J connectivity index is 2.40. The molecule has 5 heteroatoms. The van der Waals surface area contributed by atoms with Crippen LogP contribution in [-0.2, 0) is 0 Å². The number of hydrogen-bond acceptors (Lipinski definition) is 1. The Labute approximate surface area is 126 Å². The lowest BCUT2D eigenvalue weighted by molar-refractivity contribution is 0.0993. The van der Waals surface area contributed by atoms with Crippen LogP contribution in [0.2, 0.25) is 15.1 Å². The molecule has 2 aromatic rings. The zero-order valence-electron chi connectivity index (χ0n) is 10.0. The molecule has 0 aliphatic carbocycles. The van der Waals surface area contributed by atoms with Gasteiger partial charge in [-0.1, -0.05) is 53.0 Å². The molecule has 2 rings (SSSR count). The second-order valence-electron chi connectivity index (χ2n) is 3.94. The number of nitrogens with zero attached hydrogens (tertiary/aromatic N) is 1. The van der Waals surface area contributed by atoms with E-state index in [0.717, 1.165) is 5.69 Å². The Morgan fingerprint density at radius 1 is 1.00 bits per heavy atom. The Morgan fingerprint density at radius 3 is 2.05 bits per heavy atom. The summed E-state index contributed by atoms with van der Waals surface area (Å²) in [4.78, 5) is 13.9. The third-order valence-electron chi connectivity index (χ3n) is 2.67. The van der Waals surface area contributed by atoms with Gasteiger partial charge in [-0.2, -0.15) is 0 Å². The summed E-state index contributed by atoms with van der Waals surface area (Å²) in [7, 11) is 1.67. The molecule has 0 saturated heterocycles. The Hall–Kier alpha value is -1.22. The first-order valence-electron chi connectivity index (χ1n) is 5.48. The molecule has 98 valence electrons. The van der Waals surface area contributed by atoms with Crippen LogP contribution in [0.15, 0.2) is 42.5 Å². The van der Waals surface area contributed by atoms with Gasteiger partial charge in [0.1, 0.15) is 0 Å². The van der Waals surface area contributed by atoms with Crippen LogP contribution in [0.1, 0.15) is 10.4 Å². The van der Waals surface area contributed by atoms with Crippen molar-refractivity contribution in [2.24, 2.45) is 0 Å². The van der Waals surface area contributed by atoms with Crippen molar-refractivity contribution < 1.29 is 4.79 Å². The van der Waals surface area contributed by atoms with Crippen LogP contribution in [0.3, 0.4) is 0 Å². The lowest BCUT2D eigenvalue weighted by Gasteiger charge is -2.18. The molecule has 0 aliphatic rings. The van der Waals surface area contributed by atoms with E-state index in [1.54, 1.807) is 7.05 Å². The average Bonchev–Trinajstić information content (AvgIpc) is 2.37. The highest BCUT2D eigenvalue weighted by molar-refractivity contribution is 6.42. The number of halogens is 3. The summed E-state index contributed by atoms with van der Waals surface area (Å²) in [6.07, 6.45) is 0. The van der Waals surface area contributed by atoms with Gasteiger partial charge in [0, 0.05) is 17.8 Å². The maximum atomic E-state index is 12.4.